The number of amides is 1. The summed E-state index contributed by atoms with van der Waals surface area (Å²) in [5, 5.41) is 12.0. The maximum atomic E-state index is 11.7. The number of rotatable bonds is 4. The van der Waals surface area contributed by atoms with Crippen LogP contribution in [0.25, 0.3) is 0 Å². The molecule has 0 fully saturated rings. The second-order valence-electron chi connectivity index (χ2n) is 3.29. The lowest BCUT2D eigenvalue weighted by Crippen LogP contribution is -2.14. The van der Waals surface area contributed by atoms with E-state index in [1.807, 2.05) is 6.07 Å². The van der Waals surface area contributed by atoms with Gasteiger partial charge in [0.1, 0.15) is 12.3 Å². The highest BCUT2D eigenvalue weighted by molar-refractivity contribution is 7.99. The van der Waals surface area contributed by atoms with Gasteiger partial charge in [-0.25, -0.2) is 4.98 Å². The van der Waals surface area contributed by atoms with Crippen molar-refractivity contribution in [2.24, 2.45) is 0 Å². The molecule has 1 aromatic carbocycles. The van der Waals surface area contributed by atoms with Gasteiger partial charge < -0.3 is 9.73 Å². The quantitative estimate of drug-likeness (QED) is 0.852. The predicted octanol–water partition coefficient (Wildman–Crippen LogP) is 2.28. The zero-order valence-corrected chi connectivity index (χ0v) is 10.1. The molecule has 0 aliphatic carbocycles. The minimum absolute atomic E-state index is 0.181. The van der Waals surface area contributed by atoms with Crippen LogP contribution in [0.1, 0.15) is 5.56 Å². The monoisotopic (exact) mass is 259 g/mol. The number of anilines is 1. The predicted molar refractivity (Wildman–Crippen MR) is 67.0 cm³/mol. The number of aromatic nitrogens is 1. The molecule has 1 aromatic heterocycles. The first kappa shape index (κ1) is 12.2. The van der Waals surface area contributed by atoms with Crippen LogP contribution >= 0.6 is 11.8 Å². The summed E-state index contributed by atoms with van der Waals surface area (Å²) >= 11 is 1.20. The third kappa shape index (κ3) is 3.12. The molecule has 1 N–H and O–H groups in total. The summed E-state index contributed by atoms with van der Waals surface area (Å²) in [6.45, 7) is 0. The van der Waals surface area contributed by atoms with Crippen molar-refractivity contribution in [2.75, 3.05) is 11.1 Å². The van der Waals surface area contributed by atoms with Gasteiger partial charge in [-0.1, -0.05) is 23.9 Å². The lowest BCUT2D eigenvalue weighted by Gasteiger charge is -2.05. The van der Waals surface area contributed by atoms with Gasteiger partial charge in [0.25, 0.3) is 5.22 Å². The lowest BCUT2D eigenvalue weighted by atomic mass is 10.2. The van der Waals surface area contributed by atoms with E-state index in [4.69, 9.17) is 9.68 Å². The number of thioether (sulfide) groups is 1. The van der Waals surface area contributed by atoms with E-state index >= 15 is 0 Å². The van der Waals surface area contributed by atoms with Gasteiger partial charge in [0.05, 0.1) is 23.2 Å². The summed E-state index contributed by atoms with van der Waals surface area (Å²) < 4.78 is 5.00. The number of hydrogen-bond acceptors (Lipinski definition) is 5. The maximum Gasteiger partial charge on any atom is 0.256 e. The molecule has 1 heterocycles. The van der Waals surface area contributed by atoms with Crippen LogP contribution in [0.3, 0.4) is 0 Å². The molecule has 2 aromatic rings. The van der Waals surface area contributed by atoms with Gasteiger partial charge in [-0.2, -0.15) is 5.26 Å². The Bertz CT molecular complexity index is 575. The summed E-state index contributed by atoms with van der Waals surface area (Å²) in [4.78, 5) is 15.6. The van der Waals surface area contributed by atoms with Crippen molar-refractivity contribution in [3.05, 3.63) is 42.3 Å². The lowest BCUT2D eigenvalue weighted by molar-refractivity contribution is -0.113. The summed E-state index contributed by atoms with van der Waals surface area (Å²) in [7, 11) is 0. The Balaban J connectivity index is 1.93. The van der Waals surface area contributed by atoms with Gasteiger partial charge in [0.15, 0.2) is 0 Å². The number of oxazole rings is 1. The molecular formula is C12H9N3O2S. The molecule has 18 heavy (non-hydrogen) atoms. The smallest absolute Gasteiger partial charge is 0.256 e. The van der Waals surface area contributed by atoms with Gasteiger partial charge >= 0.3 is 0 Å². The van der Waals surface area contributed by atoms with E-state index in [1.54, 1.807) is 24.3 Å². The van der Waals surface area contributed by atoms with Gasteiger partial charge in [-0.05, 0) is 12.1 Å². The molecule has 2 rings (SSSR count). The van der Waals surface area contributed by atoms with Crippen LogP contribution in [0.2, 0.25) is 0 Å². The Kier molecular flexibility index (Phi) is 3.99. The SMILES string of the molecule is N#Cc1ccccc1NC(=O)CSc1ncco1. The Labute approximate surface area is 108 Å². The van der Waals surface area contributed by atoms with Crippen molar-refractivity contribution < 1.29 is 9.21 Å². The molecule has 5 nitrogen and oxygen atoms in total. The maximum absolute atomic E-state index is 11.7. The number of nitriles is 1. The van der Waals surface area contributed by atoms with Gasteiger partial charge in [-0.3, -0.25) is 4.79 Å². The highest BCUT2D eigenvalue weighted by Crippen LogP contribution is 2.17. The van der Waals surface area contributed by atoms with Crippen molar-refractivity contribution in [1.82, 2.24) is 4.98 Å². The molecule has 6 heteroatoms. The fraction of sp³-hybridized carbons (Fsp3) is 0.0833. The average molecular weight is 259 g/mol. The number of benzene rings is 1. The van der Waals surface area contributed by atoms with Crippen LogP contribution in [-0.4, -0.2) is 16.6 Å². The van der Waals surface area contributed by atoms with Crippen LogP contribution in [0.15, 0.2) is 46.4 Å². The second kappa shape index (κ2) is 5.89. The minimum atomic E-state index is -0.207. The third-order valence-electron chi connectivity index (χ3n) is 2.06. The Hall–Kier alpha value is -2.26. The van der Waals surface area contributed by atoms with E-state index in [2.05, 4.69) is 10.3 Å². The van der Waals surface area contributed by atoms with Gasteiger partial charge in [0, 0.05) is 0 Å². The van der Waals surface area contributed by atoms with Crippen LogP contribution < -0.4 is 5.32 Å². The van der Waals surface area contributed by atoms with E-state index in [0.717, 1.165) is 0 Å². The van der Waals surface area contributed by atoms with Crippen molar-refractivity contribution in [3.63, 3.8) is 0 Å². The molecule has 90 valence electrons. The molecule has 0 radical (unpaired) electrons. The topological polar surface area (TPSA) is 78.9 Å². The van der Waals surface area contributed by atoms with E-state index in [-0.39, 0.29) is 11.7 Å². The van der Waals surface area contributed by atoms with E-state index in [0.29, 0.717) is 16.5 Å². The summed E-state index contributed by atoms with van der Waals surface area (Å²) in [6, 6.07) is 8.86. The first-order valence-electron chi connectivity index (χ1n) is 5.11. The highest BCUT2D eigenvalue weighted by atomic mass is 32.2. The minimum Gasteiger partial charge on any atom is -0.440 e. The van der Waals surface area contributed by atoms with Crippen LogP contribution in [0.5, 0.6) is 0 Å². The molecule has 0 atom stereocenters. The average Bonchev–Trinajstić information content (AvgIpc) is 2.90. The van der Waals surface area contributed by atoms with Crippen LogP contribution in [-0.2, 0) is 4.79 Å². The van der Waals surface area contributed by atoms with Gasteiger partial charge in [0.2, 0.25) is 5.91 Å². The van der Waals surface area contributed by atoms with Crippen LogP contribution in [0, 0.1) is 11.3 Å². The van der Waals surface area contributed by atoms with Gasteiger partial charge in [-0.15, -0.1) is 0 Å². The summed E-state index contributed by atoms with van der Waals surface area (Å²) in [5.41, 5.74) is 0.949. The van der Waals surface area contributed by atoms with Crippen LogP contribution in [0.4, 0.5) is 5.69 Å². The normalized spacial score (nSPS) is 9.72. The fourth-order valence-corrected chi connectivity index (χ4v) is 1.87. The molecule has 0 saturated heterocycles. The zero-order valence-electron chi connectivity index (χ0n) is 9.29. The molecule has 1 amide bonds. The van der Waals surface area contributed by atoms with Crippen molar-refractivity contribution in [3.8, 4) is 6.07 Å². The van der Waals surface area contributed by atoms with Crippen molar-refractivity contribution in [1.29, 1.82) is 5.26 Å². The first-order valence-corrected chi connectivity index (χ1v) is 6.09. The Morgan fingerprint density at radius 1 is 1.50 bits per heavy atom. The standard InChI is InChI=1S/C12H9N3O2S/c13-7-9-3-1-2-4-10(9)15-11(16)8-18-12-14-5-6-17-12/h1-6H,8H2,(H,15,16). The zero-order chi connectivity index (χ0) is 12.8. The summed E-state index contributed by atoms with van der Waals surface area (Å²) in [5.74, 6) is -0.0267. The molecule has 0 spiro atoms. The number of carbonyl (C=O) groups is 1. The third-order valence-corrected chi connectivity index (χ3v) is 2.91. The molecule has 0 aliphatic rings. The molecular weight excluding hydrogens is 250 g/mol. The van der Waals surface area contributed by atoms with E-state index in [1.165, 1.54) is 24.2 Å². The second-order valence-corrected chi connectivity index (χ2v) is 4.22. The largest absolute Gasteiger partial charge is 0.440 e. The van der Waals surface area contributed by atoms with E-state index < -0.39 is 0 Å². The first-order chi connectivity index (χ1) is 8.79. The molecule has 0 bridgehead atoms. The van der Waals surface area contributed by atoms with Crippen molar-refractivity contribution >= 4 is 23.4 Å². The highest BCUT2D eigenvalue weighted by Gasteiger charge is 2.08. The number of nitrogens with one attached hydrogen (secondary N) is 1. The number of nitrogens with zero attached hydrogens (tertiary/aromatic N) is 2. The fourth-order valence-electron chi connectivity index (χ4n) is 1.28. The molecule has 0 aliphatic heterocycles. The summed E-state index contributed by atoms with van der Waals surface area (Å²) in [6.07, 6.45) is 2.97. The van der Waals surface area contributed by atoms with Crippen molar-refractivity contribution in [2.45, 2.75) is 5.22 Å². The Morgan fingerprint density at radius 2 is 2.33 bits per heavy atom. The number of para-hydroxylation sites is 1. The number of hydrogen-bond donors (Lipinski definition) is 1. The molecule has 0 unspecified atom stereocenters. The molecule has 0 saturated carbocycles. The van der Waals surface area contributed by atoms with E-state index in [9.17, 15) is 4.79 Å². The Morgan fingerprint density at radius 3 is 3.06 bits per heavy atom. The number of carbonyl (C=O) groups excluding carboxylic acids is 1.